The number of carboxylic acid groups (broad SMARTS) is 1. The van der Waals surface area contributed by atoms with Crippen LogP contribution < -0.4 is 0 Å². The molecule has 0 aromatic rings. The fraction of sp³-hybridized carbons (Fsp3) is 0.875. The molecule has 3 nitrogen and oxygen atoms in total. The fourth-order valence-corrected chi connectivity index (χ4v) is 1.49. The molecule has 1 N–H and O–H groups in total. The Hall–Kier alpha value is -0.640. The normalized spacial score (nSPS) is 21.1. The maximum Gasteiger partial charge on any atom is 0.317 e. The first kappa shape index (κ1) is 9.45. The lowest BCUT2D eigenvalue weighted by Gasteiger charge is -2.29. The van der Waals surface area contributed by atoms with E-state index < -0.39 is 5.97 Å². The maximum absolute atomic E-state index is 12.1. The molecule has 0 spiro atoms. The third-order valence-corrected chi connectivity index (χ3v) is 2.28. The van der Waals surface area contributed by atoms with Crippen molar-refractivity contribution in [1.82, 2.24) is 4.90 Å². The minimum absolute atomic E-state index is 0.0962. The van der Waals surface area contributed by atoms with E-state index in [0.717, 1.165) is 25.9 Å². The molecule has 70 valence electrons. The van der Waals surface area contributed by atoms with Crippen molar-refractivity contribution in [2.24, 2.45) is 5.92 Å². The first-order chi connectivity index (χ1) is 5.72. The summed E-state index contributed by atoms with van der Waals surface area (Å²) >= 11 is 0. The minimum atomic E-state index is -0.798. The van der Waals surface area contributed by atoms with Gasteiger partial charge in [-0.1, -0.05) is 0 Å². The first-order valence-electron chi connectivity index (χ1n) is 4.22. The lowest BCUT2D eigenvalue weighted by molar-refractivity contribution is -0.138. The van der Waals surface area contributed by atoms with Crippen LogP contribution >= 0.6 is 0 Å². The largest absolute Gasteiger partial charge is 0.480 e. The van der Waals surface area contributed by atoms with Crippen molar-refractivity contribution < 1.29 is 14.3 Å². The third-order valence-electron chi connectivity index (χ3n) is 2.28. The molecule has 0 bridgehead atoms. The Balaban J connectivity index is 2.21. The van der Waals surface area contributed by atoms with Gasteiger partial charge in [0.25, 0.3) is 0 Å². The van der Waals surface area contributed by atoms with Gasteiger partial charge in [-0.2, -0.15) is 0 Å². The number of carboxylic acids is 1. The first-order valence-corrected chi connectivity index (χ1v) is 4.22. The van der Waals surface area contributed by atoms with Gasteiger partial charge < -0.3 is 5.11 Å². The zero-order valence-corrected chi connectivity index (χ0v) is 7.00. The van der Waals surface area contributed by atoms with Crippen LogP contribution in [0.3, 0.4) is 0 Å². The lowest BCUT2D eigenvalue weighted by atomic mass is 9.98. The van der Waals surface area contributed by atoms with Gasteiger partial charge in [0.2, 0.25) is 0 Å². The van der Waals surface area contributed by atoms with Gasteiger partial charge in [-0.25, -0.2) is 0 Å². The molecule has 4 heteroatoms. The number of nitrogens with zero attached hydrogens (tertiary/aromatic N) is 1. The number of hydrogen-bond acceptors (Lipinski definition) is 2. The standard InChI is InChI=1S/C8H14FNO2/c9-5-7-1-3-10(4-2-7)6-8(11)12/h7H,1-6H2,(H,11,12). The molecule has 1 aliphatic heterocycles. The number of likely N-dealkylation sites (tertiary alicyclic amines) is 1. The van der Waals surface area contributed by atoms with E-state index in [1.165, 1.54) is 0 Å². The van der Waals surface area contributed by atoms with Crippen LogP contribution in [0.15, 0.2) is 0 Å². The zero-order valence-electron chi connectivity index (χ0n) is 7.00. The highest BCUT2D eigenvalue weighted by Gasteiger charge is 2.19. The molecule has 0 amide bonds. The van der Waals surface area contributed by atoms with Crippen LogP contribution in [0.1, 0.15) is 12.8 Å². The van der Waals surface area contributed by atoms with Crippen molar-refractivity contribution in [2.45, 2.75) is 12.8 Å². The van der Waals surface area contributed by atoms with Crippen molar-refractivity contribution in [1.29, 1.82) is 0 Å². The summed E-state index contributed by atoms with van der Waals surface area (Å²) in [5.41, 5.74) is 0. The number of aliphatic carboxylic acids is 1. The van der Waals surface area contributed by atoms with Crippen LogP contribution in [-0.4, -0.2) is 42.3 Å². The Morgan fingerprint density at radius 2 is 2.08 bits per heavy atom. The molecule has 0 unspecified atom stereocenters. The molecular formula is C8H14FNO2. The van der Waals surface area contributed by atoms with Gasteiger partial charge >= 0.3 is 5.97 Å². The highest BCUT2D eigenvalue weighted by molar-refractivity contribution is 5.69. The van der Waals surface area contributed by atoms with Crippen molar-refractivity contribution in [3.63, 3.8) is 0 Å². The van der Waals surface area contributed by atoms with E-state index in [0.29, 0.717) is 0 Å². The summed E-state index contributed by atoms with van der Waals surface area (Å²) in [4.78, 5) is 12.2. The molecule has 0 aromatic heterocycles. The molecular weight excluding hydrogens is 161 g/mol. The number of halogens is 1. The smallest absolute Gasteiger partial charge is 0.317 e. The van der Waals surface area contributed by atoms with Crippen LogP contribution in [0.2, 0.25) is 0 Å². The molecule has 0 aliphatic carbocycles. The van der Waals surface area contributed by atoms with E-state index in [2.05, 4.69) is 0 Å². The molecule has 0 atom stereocenters. The average molecular weight is 175 g/mol. The monoisotopic (exact) mass is 175 g/mol. The highest BCUT2D eigenvalue weighted by atomic mass is 19.1. The summed E-state index contributed by atoms with van der Waals surface area (Å²) in [5.74, 6) is -0.635. The van der Waals surface area contributed by atoms with Gasteiger partial charge in [-0.15, -0.1) is 0 Å². The number of alkyl halides is 1. The Bertz CT molecular complexity index is 155. The number of rotatable bonds is 3. The van der Waals surface area contributed by atoms with E-state index in [9.17, 15) is 9.18 Å². The van der Waals surface area contributed by atoms with Gasteiger partial charge in [0, 0.05) is 0 Å². The molecule has 12 heavy (non-hydrogen) atoms. The van der Waals surface area contributed by atoms with Crippen LogP contribution in [-0.2, 0) is 4.79 Å². The van der Waals surface area contributed by atoms with Crippen LogP contribution in [0, 0.1) is 5.92 Å². The van der Waals surface area contributed by atoms with Crippen molar-refractivity contribution >= 4 is 5.97 Å². The van der Waals surface area contributed by atoms with Gasteiger partial charge in [0.1, 0.15) is 0 Å². The maximum atomic E-state index is 12.1. The highest BCUT2D eigenvalue weighted by Crippen LogP contribution is 2.16. The van der Waals surface area contributed by atoms with Crippen molar-refractivity contribution in [3.8, 4) is 0 Å². The summed E-state index contributed by atoms with van der Waals surface area (Å²) in [5, 5.41) is 8.47. The lowest BCUT2D eigenvalue weighted by Crippen LogP contribution is -2.37. The predicted molar refractivity (Wildman–Crippen MR) is 42.8 cm³/mol. The van der Waals surface area contributed by atoms with Crippen LogP contribution in [0.5, 0.6) is 0 Å². The topological polar surface area (TPSA) is 40.5 Å². The SMILES string of the molecule is O=C(O)CN1CCC(CF)CC1. The van der Waals surface area contributed by atoms with Gasteiger partial charge in [0.05, 0.1) is 13.2 Å². The molecule has 1 rings (SSSR count). The van der Waals surface area contributed by atoms with Gasteiger partial charge in [0.15, 0.2) is 0 Å². The Labute approximate surface area is 71.2 Å². The summed E-state index contributed by atoms with van der Waals surface area (Å²) in [6.45, 7) is 1.28. The fourth-order valence-electron chi connectivity index (χ4n) is 1.49. The molecule has 0 saturated carbocycles. The van der Waals surface area contributed by atoms with Crippen molar-refractivity contribution in [3.05, 3.63) is 0 Å². The quantitative estimate of drug-likeness (QED) is 0.688. The number of carbonyl (C=O) groups is 1. The van der Waals surface area contributed by atoms with E-state index in [1.807, 2.05) is 4.90 Å². The Kier molecular flexibility index (Phi) is 3.47. The zero-order chi connectivity index (χ0) is 8.97. The molecule has 1 fully saturated rings. The summed E-state index contributed by atoms with van der Waals surface area (Å²) in [7, 11) is 0. The minimum Gasteiger partial charge on any atom is -0.480 e. The second-order valence-corrected chi connectivity index (χ2v) is 3.27. The van der Waals surface area contributed by atoms with E-state index in [4.69, 9.17) is 5.11 Å². The molecule has 0 radical (unpaired) electrons. The van der Waals surface area contributed by atoms with Crippen LogP contribution in [0.25, 0.3) is 0 Å². The van der Waals surface area contributed by atoms with E-state index in [1.54, 1.807) is 0 Å². The molecule has 0 aromatic carbocycles. The Morgan fingerprint density at radius 3 is 2.50 bits per heavy atom. The molecule has 1 aliphatic rings. The van der Waals surface area contributed by atoms with Crippen molar-refractivity contribution in [2.75, 3.05) is 26.3 Å². The Morgan fingerprint density at radius 1 is 1.50 bits per heavy atom. The number of piperidine rings is 1. The molecule has 1 saturated heterocycles. The number of hydrogen-bond donors (Lipinski definition) is 1. The molecule has 1 heterocycles. The second kappa shape index (κ2) is 4.40. The van der Waals surface area contributed by atoms with Gasteiger partial charge in [-0.05, 0) is 31.8 Å². The van der Waals surface area contributed by atoms with Crippen LogP contribution in [0.4, 0.5) is 4.39 Å². The summed E-state index contributed by atoms with van der Waals surface area (Å²) < 4.78 is 12.1. The second-order valence-electron chi connectivity index (χ2n) is 3.27. The van der Waals surface area contributed by atoms with E-state index >= 15 is 0 Å². The van der Waals surface area contributed by atoms with E-state index in [-0.39, 0.29) is 19.1 Å². The predicted octanol–water partition coefficient (Wildman–Crippen LogP) is 0.752. The summed E-state index contributed by atoms with van der Waals surface area (Å²) in [6, 6.07) is 0. The van der Waals surface area contributed by atoms with Gasteiger partial charge in [-0.3, -0.25) is 14.1 Å². The third kappa shape index (κ3) is 2.77. The average Bonchev–Trinajstić information content (AvgIpc) is 2.05. The summed E-state index contributed by atoms with van der Waals surface area (Å²) in [6.07, 6.45) is 1.59.